The lowest BCUT2D eigenvalue weighted by Gasteiger charge is -2.09. The number of rotatable bonds is 5. The largest absolute Gasteiger partial charge is 0.480 e. The van der Waals surface area contributed by atoms with Crippen LogP contribution in [0.3, 0.4) is 0 Å². The first-order valence-corrected chi connectivity index (χ1v) is 8.96. The minimum absolute atomic E-state index is 0.152. The molecule has 0 bridgehead atoms. The van der Waals surface area contributed by atoms with Crippen molar-refractivity contribution in [2.75, 3.05) is 6.54 Å². The summed E-state index contributed by atoms with van der Waals surface area (Å²) in [5.74, 6) is -0.622. The van der Waals surface area contributed by atoms with Gasteiger partial charge in [0.2, 0.25) is 0 Å². The monoisotopic (exact) mass is 409 g/mol. The average molecular weight is 410 g/mol. The molecular formula is C17H12ClNO5S2. The van der Waals surface area contributed by atoms with Crippen LogP contribution in [-0.2, 0) is 16.2 Å². The minimum atomic E-state index is -1.13. The molecule has 1 fully saturated rings. The smallest absolute Gasteiger partial charge is 0.323 e. The van der Waals surface area contributed by atoms with Crippen molar-refractivity contribution in [2.24, 2.45) is 0 Å². The molecule has 6 nitrogen and oxygen atoms in total. The fourth-order valence-electron chi connectivity index (χ4n) is 2.32. The molecule has 0 spiro atoms. The van der Waals surface area contributed by atoms with Gasteiger partial charge < -0.3 is 14.6 Å². The van der Waals surface area contributed by atoms with E-state index in [2.05, 4.69) is 0 Å². The van der Waals surface area contributed by atoms with Gasteiger partial charge in [-0.05, 0) is 23.8 Å². The maximum absolute atomic E-state index is 12.3. The van der Waals surface area contributed by atoms with Crippen molar-refractivity contribution >= 4 is 57.9 Å². The van der Waals surface area contributed by atoms with Crippen LogP contribution in [0, 0.1) is 0 Å². The molecule has 0 saturated carbocycles. The van der Waals surface area contributed by atoms with Crippen LogP contribution in [0.1, 0.15) is 11.3 Å². The van der Waals surface area contributed by atoms with Crippen molar-refractivity contribution in [1.29, 1.82) is 0 Å². The SMILES string of the molecule is O=C(O)CN1C(=O)C(=Cc2ccc(-c3ccc(CO)c(Cl)c3)o2)SC1=S. The van der Waals surface area contributed by atoms with Gasteiger partial charge in [0.05, 0.1) is 11.5 Å². The Labute approximate surface area is 163 Å². The highest BCUT2D eigenvalue weighted by atomic mass is 35.5. The number of aliphatic carboxylic acids is 1. The summed E-state index contributed by atoms with van der Waals surface area (Å²) >= 11 is 12.2. The normalized spacial score (nSPS) is 15.9. The number of nitrogens with zero attached hydrogens (tertiary/aromatic N) is 1. The number of amides is 1. The van der Waals surface area contributed by atoms with E-state index in [1.807, 2.05) is 0 Å². The third-order valence-corrected chi connectivity index (χ3v) is 5.30. The number of aliphatic hydroxyl groups excluding tert-OH is 1. The van der Waals surface area contributed by atoms with E-state index in [-0.39, 0.29) is 10.9 Å². The van der Waals surface area contributed by atoms with Crippen molar-refractivity contribution in [1.82, 2.24) is 4.90 Å². The number of halogens is 1. The van der Waals surface area contributed by atoms with Gasteiger partial charge in [-0.15, -0.1) is 0 Å². The van der Waals surface area contributed by atoms with Gasteiger partial charge in [0.15, 0.2) is 0 Å². The van der Waals surface area contributed by atoms with E-state index in [1.54, 1.807) is 30.3 Å². The molecule has 1 amide bonds. The highest BCUT2D eigenvalue weighted by molar-refractivity contribution is 8.26. The Bertz CT molecular complexity index is 937. The maximum atomic E-state index is 12.3. The average Bonchev–Trinajstić information content (AvgIpc) is 3.15. The van der Waals surface area contributed by atoms with Gasteiger partial charge in [-0.2, -0.15) is 0 Å². The number of carbonyl (C=O) groups excluding carboxylic acids is 1. The van der Waals surface area contributed by atoms with Crippen LogP contribution >= 0.6 is 35.6 Å². The van der Waals surface area contributed by atoms with E-state index in [1.165, 1.54) is 6.08 Å². The van der Waals surface area contributed by atoms with Crippen LogP contribution in [0.2, 0.25) is 5.02 Å². The lowest BCUT2D eigenvalue weighted by molar-refractivity contribution is -0.140. The van der Waals surface area contributed by atoms with Gasteiger partial charge in [-0.25, -0.2) is 0 Å². The molecule has 0 aliphatic carbocycles. The summed E-state index contributed by atoms with van der Waals surface area (Å²) in [4.78, 5) is 24.4. The number of thioether (sulfide) groups is 1. The van der Waals surface area contributed by atoms with Crippen molar-refractivity contribution in [3.05, 3.63) is 51.6 Å². The molecule has 1 aromatic carbocycles. The number of carboxylic acid groups (broad SMARTS) is 1. The second kappa shape index (κ2) is 7.63. The second-order valence-electron chi connectivity index (χ2n) is 5.33. The van der Waals surface area contributed by atoms with Crippen LogP contribution in [0.4, 0.5) is 0 Å². The summed E-state index contributed by atoms with van der Waals surface area (Å²) in [6.45, 7) is -0.623. The first-order valence-electron chi connectivity index (χ1n) is 7.35. The first-order chi connectivity index (χ1) is 12.4. The number of benzene rings is 1. The van der Waals surface area contributed by atoms with Crippen LogP contribution in [-0.4, -0.2) is 37.9 Å². The molecule has 3 rings (SSSR count). The summed E-state index contributed by atoms with van der Waals surface area (Å²) in [5, 5.41) is 18.4. The Hall–Kier alpha value is -2.13. The molecule has 26 heavy (non-hydrogen) atoms. The number of hydrogen-bond donors (Lipinski definition) is 2. The lowest BCUT2D eigenvalue weighted by Crippen LogP contribution is -2.33. The topological polar surface area (TPSA) is 91.0 Å². The number of aliphatic hydroxyl groups is 1. The minimum Gasteiger partial charge on any atom is -0.480 e. The molecule has 0 radical (unpaired) electrons. The van der Waals surface area contributed by atoms with Crippen LogP contribution in [0.25, 0.3) is 17.4 Å². The number of carboxylic acids is 1. The molecule has 1 aliphatic heterocycles. The van der Waals surface area contributed by atoms with Crippen molar-refractivity contribution in [3.63, 3.8) is 0 Å². The van der Waals surface area contributed by atoms with Crippen LogP contribution < -0.4 is 0 Å². The standard InChI is InChI=1S/C17H12ClNO5S2/c18-12-5-9(1-2-10(12)8-20)13-4-3-11(24-13)6-14-16(23)19(7-15(21)22)17(25)26-14/h1-6,20H,7-8H2,(H,21,22). The first kappa shape index (κ1) is 18.7. The maximum Gasteiger partial charge on any atom is 0.323 e. The third kappa shape index (κ3) is 3.83. The highest BCUT2D eigenvalue weighted by Crippen LogP contribution is 2.34. The molecule has 2 heterocycles. The predicted molar refractivity (Wildman–Crippen MR) is 103 cm³/mol. The summed E-state index contributed by atoms with van der Waals surface area (Å²) in [6, 6.07) is 8.58. The molecule has 9 heteroatoms. The van der Waals surface area contributed by atoms with Crippen molar-refractivity contribution in [3.8, 4) is 11.3 Å². The Kier molecular flexibility index (Phi) is 5.47. The number of carbonyl (C=O) groups is 2. The number of thiocarbonyl (C=S) groups is 1. The van der Waals surface area contributed by atoms with Crippen LogP contribution in [0.15, 0.2) is 39.7 Å². The van der Waals surface area contributed by atoms with E-state index in [9.17, 15) is 9.59 Å². The van der Waals surface area contributed by atoms with E-state index in [0.717, 1.165) is 22.2 Å². The van der Waals surface area contributed by atoms with E-state index in [4.69, 9.17) is 38.4 Å². The summed E-state index contributed by atoms with van der Waals surface area (Å²) < 4.78 is 5.91. The molecule has 2 N–H and O–H groups in total. The zero-order valence-corrected chi connectivity index (χ0v) is 15.5. The van der Waals surface area contributed by atoms with E-state index in [0.29, 0.717) is 27.0 Å². The molecule has 1 aliphatic rings. The van der Waals surface area contributed by atoms with Gasteiger partial charge in [0.25, 0.3) is 5.91 Å². The molecule has 1 aromatic heterocycles. The second-order valence-corrected chi connectivity index (χ2v) is 7.41. The molecule has 1 saturated heterocycles. The van der Waals surface area contributed by atoms with E-state index < -0.39 is 18.4 Å². The van der Waals surface area contributed by atoms with Gasteiger partial charge in [0.1, 0.15) is 22.4 Å². The van der Waals surface area contributed by atoms with Crippen molar-refractivity contribution < 1.29 is 24.2 Å². The molecule has 0 atom stereocenters. The van der Waals surface area contributed by atoms with Gasteiger partial charge in [-0.1, -0.05) is 47.7 Å². The molecule has 0 unspecified atom stereocenters. The van der Waals surface area contributed by atoms with Gasteiger partial charge in [0, 0.05) is 16.7 Å². The zero-order valence-electron chi connectivity index (χ0n) is 13.1. The number of hydrogen-bond acceptors (Lipinski definition) is 6. The zero-order chi connectivity index (χ0) is 18.8. The van der Waals surface area contributed by atoms with Gasteiger partial charge >= 0.3 is 5.97 Å². The highest BCUT2D eigenvalue weighted by Gasteiger charge is 2.33. The van der Waals surface area contributed by atoms with E-state index >= 15 is 0 Å². The molecular weight excluding hydrogens is 398 g/mol. The fraction of sp³-hybridized carbons (Fsp3) is 0.118. The fourth-order valence-corrected chi connectivity index (χ4v) is 3.79. The quantitative estimate of drug-likeness (QED) is 0.577. The summed E-state index contributed by atoms with van der Waals surface area (Å²) in [6.07, 6.45) is 1.52. The predicted octanol–water partition coefficient (Wildman–Crippen LogP) is 3.38. The third-order valence-electron chi connectivity index (χ3n) is 3.58. The Morgan fingerprint density at radius 1 is 1.35 bits per heavy atom. The van der Waals surface area contributed by atoms with Gasteiger partial charge in [-0.3, -0.25) is 14.5 Å². The summed E-state index contributed by atoms with van der Waals surface area (Å²) in [5.41, 5.74) is 1.34. The Balaban J connectivity index is 1.83. The molecule has 2 aromatic rings. The van der Waals surface area contributed by atoms with Crippen LogP contribution in [0.5, 0.6) is 0 Å². The number of furan rings is 1. The molecule has 134 valence electrons. The lowest BCUT2D eigenvalue weighted by atomic mass is 10.1. The van der Waals surface area contributed by atoms with Crippen molar-refractivity contribution in [2.45, 2.75) is 6.61 Å². The summed E-state index contributed by atoms with van der Waals surface area (Å²) in [7, 11) is 0. The Morgan fingerprint density at radius 2 is 2.12 bits per heavy atom. The Morgan fingerprint density at radius 3 is 2.77 bits per heavy atom.